The lowest BCUT2D eigenvalue weighted by molar-refractivity contribution is 0.281. The van der Waals surface area contributed by atoms with Crippen molar-refractivity contribution < 1.29 is 9.84 Å². The molecule has 0 saturated carbocycles. The quantitative estimate of drug-likeness (QED) is 0.885. The lowest BCUT2D eigenvalue weighted by Gasteiger charge is -2.04. The second-order valence-corrected chi connectivity index (χ2v) is 4.36. The van der Waals surface area contributed by atoms with Crippen LogP contribution >= 0.6 is 0 Å². The average molecular weight is 254 g/mol. The van der Waals surface area contributed by atoms with E-state index in [2.05, 4.69) is 24.3 Å². The molecule has 98 valence electrons. The van der Waals surface area contributed by atoms with E-state index in [1.807, 2.05) is 36.4 Å². The third kappa shape index (κ3) is 3.97. The molecule has 2 aromatic carbocycles. The van der Waals surface area contributed by atoms with E-state index in [0.717, 1.165) is 23.3 Å². The van der Waals surface area contributed by atoms with E-state index >= 15 is 0 Å². The maximum absolute atomic E-state index is 9.21. The van der Waals surface area contributed by atoms with Crippen LogP contribution in [0.15, 0.2) is 54.6 Å². The first kappa shape index (κ1) is 13.4. The minimum absolute atomic E-state index is 0.0245. The molecule has 0 amide bonds. The van der Waals surface area contributed by atoms with Gasteiger partial charge in [0.05, 0.1) is 13.7 Å². The normalized spacial score (nSPS) is 10.8. The molecule has 0 aliphatic carbocycles. The molecule has 0 radical (unpaired) electrons. The maximum atomic E-state index is 9.21. The smallest absolute Gasteiger partial charge is 0.119 e. The molecule has 0 bridgehead atoms. The Morgan fingerprint density at radius 3 is 2.53 bits per heavy atom. The number of aliphatic hydroxyl groups excluding tert-OH is 1. The van der Waals surface area contributed by atoms with Crippen LogP contribution in [0.4, 0.5) is 0 Å². The van der Waals surface area contributed by atoms with Gasteiger partial charge in [0.2, 0.25) is 0 Å². The highest BCUT2D eigenvalue weighted by Gasteiger charge is 1.98. The van der Waals surface area contributed by atoms with Crippen LogP contribution in [-0.4, -0.2) is 12.2 Å². The minimum Gasteiger partial charge on any atom is -0.497 e. The van der Waals surface area contributed by atoms with Crippen LogP contribution in [0, 0.1) is 0 Å². The number of benzene rings is 2. The van der Waals surface area contributed by atoms with Gasteiger partial charge >= 0.3 is 0 Å². The van der Waals surface area contributed by atoms with Gasteiger partial charge in [0.25, 0.3) is 0 Å². The zero-order valence-corrected chi connectivity index (χ0v) is 11.0. The van der Waals surface area contributed by atoms with Crippen LogP contribution in [0.5, 0.6) is 5.75 Å². The Morgan fingerprint density at radius 2 is 1.84 bits per heavy atom. The molecule has 0 saturated heterocycles. The van der Waals surface area contributed by atoms with Crippen LogP contribution in [0.2, 0.25) is 0 Å². The summed E-state index contributed by atoms with van der Waals surface area (Å²) >= 11 is 0. The summed E-state index contributed by atoms with van der Waals surface area (Å²) in [5.74, 6) is 0.769. The number of rotatable bonds is 5. The molecule has 2 nitrogen and oxygen atoms in total. The van der Waals surface area contributed by atoms with Crippen molar-refractivity contribution in [3.8, 4) is 5.75 Å². The van der Waals surface area contributed by atoms with Crippen molar-refractivity contribution in [1.29, 1.82) is 0 Å². The van der Waals surface area contributed by atoms with Crippen LogP contribution in [0.1, 0.15) is 16.7 Å². The highest BCUT2D eigenvalue weighted by molar-refractivity contribution is 5.54. The number of ether oxygens (including phenoxy) is 1. The van der Waals surface area contributed by atoms with Gasteiger partial charge in [-0.15, -0.1) is 0 Å². The van der Waals surface area contributed by atoms with E-state index < -0.39 is 0 Å². The first-order chi connectivity index (χ1) is 9.31. The number of hydrogen-bond donors (Lipinski definition) is 1. The molecule has 2 heteroatoms. The van der Waals surface area contributed by atoms with Crippen molar-refractivity contribution in [2.45, 2.75) is 13.0 Å². The topological polar surface area (TPSA) is 29.5 Å². The highest BCUT2D eigenvalue weighted by atomic mass is 16.5. The summed E-state index contributed by atoms with van der Waals surface area (Å²) in [4.78, 5) is 0. The van der Waals surface area contributed by atoms with Gasteiger partial charge in [0.15, 0.2) is 0 Å². The van der Waals surface area contributed by atoms with Gasteiger partial charge in [-0.3, -0.25) is 0 Å². The Bertz CT molecular complexity index is 522. The number of allylic oxidation sites excluding steroid dienone is 1. The Balaban J connectivity index is 2.10. The van der Waals surface area contributed by atoms with E-state index in [9.17, 15) is 5.11 Å². The van der Waals surface area contributed by atoms with Crippen molar-refractivity contribution >= 4 is 6.08 Å². The summed E-state index contributed by atoms with van der Waals surface area (Å²) in [5.41, 5.74) is 3.18. The number of hydrogen-bond acceptors (Lipinski definition) is 2. The van der Waals surface area contributed by atoms with Gasteiger partial charge in [-0.1, -0.05) is 42.5 Å². The molecule has 0 aliphatic rings. The lowest BCUT2D eigenvalue weighted by atomic mass is 10.1. The molecule has 1 N–H and O–H groups in total. The lowest BCUT2D eigenvalue weighted by Crippen LogP contribution is -1.89. The van der Waals surface area contributed by atoms with E-state index in [0.29, 0.717) is 0 Å². The summed E-state index contributed by atoms with van der Waals surface area (Å²) in [5, 5.41) is 9.21. The van der Waals surface area contributed by atoms with Crippen LogP contribution in [0.3, 0.4) is 0 Å². The van der Waals surface area contributed by atoms with E-state index in [4.69, 9.17) is 4.74 Å². The fourth-order valence-corrected chi connectivity index (χ4v) is 1.94. The van der Waals surface area contributed by atoms with Gasteiger partial charge in [0, 0.05) is 0 Å². The molecule has 0 spiro atoms. The summed E-state index contributed by atoms with van der Waals surface area (Å²) in [6.07, 6.45) is 5.06. The van der Waals surface area contributed by atoms with Crippen molar-refractivity contribution in [2.75, 3.05) is 7.11 Å². The standard InChI is InChI=1S/C17H18O2/c1-19-17-11-15(10-16(12-17)13-18)9-5-8-14-6-3-2-4-7-14/h2-7,9-12,18H,8,13H2,1H3/b9-5+. The molecule has 0 fully saturated rings. The SMILES string of the molecule is COc1cc(/C=C/Cc2ccccc2)cc(CO)c1. The Hall–Kier alpha value is -2.06. The molecule has 0 heterocycles. The summed E-state index contributed by atoms with van der Waals surface area (Å²) in [6, 6.07) is 16.1. The Labute approximate surface area is 114 Å². The highest BCUT2D eigenvalue weighted by Crippen LogP contribution is 2.18. The van der Waals surface area contributed by atoms with Gasteiger partial charge < -0.3 is 9.84 Å². The number of methoxy groups -OCH3 is 1. The third-order valence-corrected chi connectivity index (χ3v) is 2.91. The molecule has 0 aliphatic heterocycles. The number of aliphatic hydroxyl groups is 1. The van der Waals surface area contributed by atoms with Crippen molar-refractivity contribution in [3.05, 3.63) is 71.3 Å². The van der Waals surface area contributed by atoms with Crippen LogP contribution < -0.4 is 4.74 Å². The van der Waals surface area contributed by atoms with E-state index in [1.54, 1.807) is 7.11 Å². The zero-order valence-electron chi connectivity index (χ0n) is 11.0. The van der Waals surface area contributed by atoms with Gasteiger partial charge in [-0.25, -0.2) is 0 Å². The molecular weight excluding hydrogens is 236 g/mol. The summed E-state index contributed by atoms with van der Waals surface area (Å²) < 4.78 is 5.22. The van der Waals surface area contributed by atoms with Crippen LogP contribution in [-0.2, 0) is 13.0 Å². The van der Waals surface area contributed by atoms with E-state index in [-0.39, 0.29) is 6.61 Å². The monoisotopic (exact) mass is 254 g/mol. The van der Waals surface area contributed by atoms with Crippen molar-refractivity contribution in [1.82, 2.24) is 0 Å². The fraction of sp³-hybridized carbons (Fsp3) is 0.176. The van der Waals surface area contributed by atoms with Crippen molar-refractivity contribution in [3.63, 3.8) is 0 Å². The molecule has 0 unspecified atom stereocenters. The molecule has 19 heavy (non-hydrogen) atoms. The maximum Gasteiger partial charge on any atom is 0.119 e. The predicted octanol–water partition coefficient (Wildman–Crippen LogP) is 3.44. The average Bonchev–Trinajstić information content (AvgIpc) is 2.48. The second-order valence-electron chi connectivity index (χ2n) is 4.36. The molecule has 0 aromatic heterocycles. The molecule has 2 aromatic rings. The zero-order chi connectivity index (χ0) is 13.5. The fourth-order valence-electron chi connectivity index (χ4n) is 1.94. The largest absolute Gasteiger partial charge is 0.497 e. The van der Waals surface area contributed by atoms with E-state index in [1.165, 1.54) is 5.56 Å². The van der Waals surface area contributed by atoms with Gasteiger partial charge in [-0.05, 0) is 41.3 Å². The molecule has 0 atom stereocenters. The third-order valence-electron chi connectivity index (χ3n) is 2.91. The van der Waals surface area contributed by atoms with Gasteiger partial charge in [0.1, 0.15) is 5.75 Å². The Morgan fingerprint density at radius 1 is 1.05 bits per heavy atom. The Kier molecular flexibility index (Phi) is 4.76. The first-order valence-corrected chi connectivity index (χ1v) is 6.31. The molecule has 2 rings (SSSR count). The first-order valence-electron chi connectivity index (χ1n) is 6.31. The molecular formula is C17H18O2. The second kappa shape index (κ2) is 6.76. The predicted molar refractivity (Wildman–Crippen MR) is 78.1 cm³/mol. The summed E-state index contributed by atoms with van der Waals surface area (Å²) in [7, 11) is 1.63. The summed E-state index contributed by atoms with van der Waals surface area (Å²) in [6.45, 7) is 0.0245. The van der Waals surface area contributed by atoms with Gasteiger partial charge in [-0.2, -0.15) is 0 Å². The minimum atomic E-state index is 0.0245. The van der Waals surface area contributed by atoms with Crippen molar-refractivity contribution in [2.24, 2.45) is 0 Å². The van der Waals surface area contributed by atoms with Crippen LogP contribution in [0.25, 0.3) is 6.08 Å².